The van der Waals surface area contributed by atoms with Gasteiger partial charge in [0, 0.05) is 31.6 Å². The van der Waals surface area contributed by atoms with Crippen molar-refractivity contribution < 1.29 is 19.1 Å². The van der Waals surface area contributed by atoms with E-state index in [1.165, 1.54) is 25.7 Å². The Hall–Kier alpha value is -0.940. The van der Waals surface area contributed by atoms with Crippen molar-refractivity contribution in [2.24, 2.45) is 17.8 Å². The first kappa shape index (κ1) is 20.4. The van der Waals surface area contributed by atoms with Gasteiger partial charge in [0.25, 0.3) is 0 Å². The summed E-state index contributed by atoms with van der Waals surface area (Å²) in [4.78, 5) is 23.0. The summed E-state index contributed by atoms with van der Waals surface area (Å²) in [5.41, 5.74) is 0. The smallest absolute Gasteiger partial charge is 0.222 e. The Bertz CT molecular complexity index is 423. The minimum absolute atomic E-state index is 0.0431. The third kappa shape index (κ3) is 7.45. The molecule has 0 saturated heterocycles. The van der Waals surface area contributed by atoms with Gasteiger partial charge in [-0.1, -0.05) is 0 Å². The number of rotatable bonds is 10. The molecule has 2 rings (SSSR count). The molecule has 1 N–H and O–H groups in total. The van der Waals surface area contributed by atoms with Crippen LogP contribution in [0.4, 0.5) is 0 Å². The predicted molar refractivity (Wildman–Crippen MR) is 97.3 cm³/mol. The molecule has 1 amide bonds. The van der Waals surface area contributed by atoms with Gasteiger partial charge in [0.1, 0.15) is 5.78 Å². The van der Waals surface area contributed by atoms with Gasteiger partial charge in [-0.05, 0) is 71.1 Å². The quantitative estimate of drug-likeness (QED) is 0.613. The van der Waals surface area contributed by atoms with E-state index in [2.05, 4.69) is 19.2 Å². The Labute approximate surface area is 152 Å². The number of nitrogens with one attached hydrogen (secondary N) is 1. The average Bonchev–Trinajstić information content (AvgIpc) is 2.53. The van der Waals surface area contributed by atoms with E-state index in [1.807, 2.05) is 0 Å². The standard InChI is InChI=1S/C20H35NO4/c1-14(2)25-13-17-6-4-16(5-7-17)12-24-9-8-20(23)21-19-10-18(11-19)15(3)22/h14,16-19H,4-13H2,1-3H3,(H,21,23). The van der Waals surface area contributed by atoms with E-state index in [0.717, 1.165) is 26.1 Å². The molecule has 0 aliphatic heterocycles. The molecule has 144 valence electrons. The van der Waals surface area contributed by atoms with Crippen LogP contribution in [0.3, 0.4) is 0 Å². The lowest BCUT2D eigenvalue weighted by Gasteiger charge is -2.34. The first-order valence-corrected chi connectivity index (χ1v) is 9.93. The van der Waals surface area contributed by atoms with E-state index in [4.69, 9.17) is 9.47 Å². The van der Waals surface area contributed by atoms with Crippen LogP contribution < -0.4 is 5.32 Å². The van der Waals surface area contributed by atoms with E-state index in [0.29, 0.717) is 31.0 Å². The normalized spacial score (nSPS) is 29.3. The third-order valence-corrected chi connectivity index (χ3v) is 5.54. The fraction of sp³-hybridized carbons (Fsp3) is 0.900. The molecule has 0 aromatic rings. The summed E-state index contributed by atoms with van der Waals surface area (Å²) in [6.07, 6.45) is 7.18. The molecule has 0 bridgehead atoms. The van der Waals surface area contributed by atoms with Crippen molar-refractivity contribution in [1.29, 1.82) is 0 Å². The lowest BCUT2D eigenvalue weighted by atomic mass is 9.78. The highest BCUT2D eigenvalue weighted by atomic mass is 16.5. The maximum absolute atomic E-state index is 11.9. The second-order valence-corrected chi connectivity index (χ2v) is 8.14. The average molecular weight is 354 g/mol. The van der Waals surface area contributed by atoms with Gasteiger partial charge in [-0.2, -0.15) is 0 Å². The fourth-order valence-electron chi connectivity index (χ4n) is 3.68. The van der Waals surface area contributed by atoms with Crippen molar-refractivity contribution in [2.75, 3.05) is 19.8 Å². The Morgan fingerprint density at radius 3 is 2.20 bits per heavy atom. The van der Waals surface area contributed by atoms with E-state index in [-0.39, 0.29) is 23.7 Å². The molecule has 2 fully saturated rings. The highest BCUT2D eigenvalue weighted by Crippen LogP contribution is 2.29. The molecule has 25 heavy (non-hydrogen) atoms. The molecule has 0 heterocycles. The molecule has 5 heteroatoms. The van der Waals surface area contributed by atoms with Crippen LogP contribution >= 0.6 is 0 Å². The maximum Gasteiger partial charge on any atom is 0.222 e. The molecular formula is C20H35NO4. The van der Waals surface area contributed by atoms with Crippen LogP contribution in [0.25, 0.3) is 0 Å². The highest BCUT2D eigenvalue weighted by Gasteiger charge is 2.32. The van der Waals surface area contributed by atoms with Gasteiger partial charge in [0.05, 0.1) is 12.7 Å². The number of carbonyl (C=O) groups excluding carboxylic acids is 2. The number of hydrogen-bond donors (Lipinski definition) is 1. The molecular weight excluding hydrogens is 318 g/mol. The van der Waals surface area contributed by atoms with Crippen molar-refractivity contribution in [3.8, 4) is 0 Å². The minimum Gasteiger partial charge on any atom is -0.381 e. The highest BCUT2D eigenvalue weighted by molar-refractivity contribution is 5.80. The number of hydrogen-bond acceptors (Lipinski definition) is 4. The first-order valence-electron chi connectivity index (χ1n) is 9.93. The molecule has 0 aromatic heterocycles. The van der Waals surface area contributed by atoms with Crippen LogP contribution in [0.5, 0.6) is 0 Å². The summed E-state index contributed by atoms with van der Waals surface area (Å²) in [6, 6.07) is 0.185. The molecule has 5 nitrogen and oxygen atoms in total. The number of ether oxygens (including phenoxy) is 2. The van der Waals surface area contributed by atoms with Gasteiger partial charge in [-0.25, -0.2) is 0 Å². The van der Waals surface area contributed by atoms with E-state index >= 15 is 0 Å². The Balaban J connectivity index is 1.46. The van der Waals surface area contributed by atoms with Gasteiger partial charge in [-0.3, -0.25) is 9.59 Å². The van der Waals surface area contributed by atoms with Crippen LogP contribution in [-0.4, -0.2) is 43.7 Å². The number of amides is 1. The van der Waals surface area contributed by atoms with Gasteiger partial charge in [0.15, 0.2) is 0 Å². The molecule has 2 aliphatic carbocycles. The molecule has 0 radical (unpaired) electrons. The van der Waals surface area contributed by atoms with Crippen molar-refractivity contribution in [3.05, 3.63) is 0 Å². The number of ketones is 1. The summed E-state index contributed by atoms with van der Waals surface area (Å²) >= 11 is 0. The lowest BCUT2D eigenvalue weighted by Crippen LogP contribution is -2.46. The molecule has 2 aliphatic rings. The van der Waals surface area contributed by atoms with Crippen LogP contribution in [0.2, 0.25) is 0 Å². The van der Waals surface area contributed by atoms with E-state index in [9.17, 15) is 9.59 Å². The minimum atomic E-state index is 0.0431. The van der Waals surface area contributed by atoms with Crippen LogP contribution in [0, 0.1) is 17.8 Å². The second-order valence-electron chi connectivity index (χ2n) is 8.14. The topological polar surface area (TPSA) is 64.6 Å². The van der Waals surface area contributed by atoms with Gasteiger partial charge < -0.3 is 14.8 Å². The molecule has 0 atom stereocenters. The van der Waals surface area contributed by atoms with E-state index in [1.54, 1.807) is 6.92 Å². The van der Waals surface area contributed by atoms with Crippen molar-refractivity contribution in [2.45, 2.75) is 77.9 Å². The van der Waals surface area contributed by atoms with Crippen LogP contribution in [0.1, 0.15) is 65.7 Å². The largest absolute Gasteiger partial charge is 0.381 e. The summed E-state index contributed by atoms with van der Waals surface area (Å²) in [7, 11) is 0. The van der Waals surface area contributed by atoms with Gasteiger partial charge in [-0.15, -0.1) is 0 Å². The number of Topliss-reactive ketones (excluding diaryl/α,β-unsaturated/α-hetero) is 1. The van der Waals surface area contributed by atoms with Crippen molar-refractivity contribution in [1.82, 2.24) is 5.32 Å². The Morgan fingerprint density at radius 1 is 1.04 bits per heavy atom. The van der Waals surface area contributed by atoms with Crippen molar-refractivity contribution in [3.63, 3.8) is 0 Å². The Kier molecular flexibility index (Phi) is 8.37. The lowest BCUT2D eigenvalue weighted by molar-refractivity contribution is -0.128. The fourth-order valence-corrected chi connectivity index (χ4v) is 3.68. The SMILES string of the molecule is CC(=O)C1CC(NC(=O)CCOCC2CCC(COC(C)C)CC2)C1. The maximum atomic E-state index is 11.9. The van der Waals surface area contributed by atoms with E-state index < -0.39 is 0 Å². The van der Waals surface area contributed by atoms with Gasteiger partial charge >= 0.3 is 0 Å². The Morgan fingerprint density at radius 2 is 1.64 bits per heavy atom. The monoisotopic (exact) mass is 353 g/mol. The third-order valence-electron chi connectivity index (χ3n) is 5.54. The predicted octanol–water partition coefficient (Wildman–Crippen LogP) is 3.11. The van der Waals surface area contributed by atoms with Crippen LogP contribution in [-0.2, 0) is 19.1 Å². The first-order chi connectivity index (χ1) is 11.9. The van der Waals surface area contributed by atoms with Crippen molar-refractivity contribution >= 4 is 11.7 Å². The summed E-state index contributed by atoms with van der Waals surface area (Å²) in [5.74, 6) is 1.76. The summed E-state index contributed by atoms with van der Waals surface area (Å²) < 4.78 is 11.4. The second kappa shape index (κ2) is 10.3. The summed E-state index contributed by atoms with van der Waals surface area (Å²) in [5, 5.41) is 2.98. The number of carbonyl (C=O) groups is 2. The summed E-state index contributed by atoms with van der Waals surface area (Å²) in [6.45, 7) is 7.94. The molecule has 0 unspecified atom stereocenters. The zero-order valence-electron chi connectivity index (χ0n) is 16.1. The zero-order chi connectivity index (χ0) is 18.2. The molecule has 0 spiro atoms. The zero-order valence-corrected chi connectivity index (χ0v) is 16.1. The molecule has 0 aromatic carbocycles. The van der Waals surface area contributed by atoms with Crippen LogP contribution in [0.15, 0.2) is 0 Å². The molecule has 2 saturated carbocycles. The van der Waals surface area contributed by atoms with Gasteiger partial charge in [0.2, 0.25) is 5.91 Å².